The van der Waals surface area contributed by atoms with Crippen molar-refractivity contribution in [3.63, 3.8) is 0 Å². The van der Waals surface area contributed by atoms with E-state index in [2.05, 4.69) is 12.2 Å². The third kappa shape index (κ3) is 3.83. The van der Waals surface area contributed by atoms with Gasteiger partial charge in [-0.25, -0.2) is 4.79 Å². The molecule has 26 heavy (non-hydrogen) atoms. The molecular formula is C21H25NO3S. The van der Waals surface area contributed by atoms with Gasteiger partial charge in [-0.2, -0.15) is 0 Å². The summed E-state index contributed by atoms with van der Waals surface area (Å²) in [5.41, 5.74) is 3.43. The Morgan fingerprint density at radius 2 is 1.81 bits per heavy atom. The second kappa shape index (κ2) is 7.23. The maximum atomic E-state index is 12.8. The van der Waals surface area contributed by atoms with Gasteiger partial charge in [0.15, 0.2) is 0 Å². The van der Waals surface area contributed by atoms with E-state index >= 15 is 0 Å². The number of thiophene rings is 1. The summed E-state index contributed by atoms with van der Waals surface area (Å²) in [7, 11) is 0. The molecule has 3 rings (SSSR count). The highest BCUT2D eigenvalue weighted by atomic mass is 32.1. The number of amides is 1. The zero-order valence-corrected chi connectivity index (χ0v) is 16.7. The van der Waals surface area contributed by atoms with Gasteiger partial charge in [-0.3, -0.25) is 4.79 Å². The van der Waals surface area contributed by atoms with Crippen LogP contribution in [0.3, 0.4) is 0 Å². The van der Waals surface area contributed by atoms with Crippen LogP contribution in [-0.4, -0.2) is 18.0 Å². The average Bonchev–Trinajstić information content (AvgIpc) is 3.20. The van der Waals surface area contributed by atoms with Crippen LogP contribution in [0.2, 0.25) is 0 Å². The smallest absolute Gasteiger partial charge is 0.342 e. The zero-order valence-electron chi connectivity index (χ0n) is 15.9. The first-order valence-electron chi connectivity index (χ1n) is 9.00. The van der Waals surface area contributed by atoms with Crippen molar-refractivity contribution in [3.05, 3.63) is 40.3 Å². The fourth-order valence-electron chi connectivity index (χ4n) is 3.06. The quantitative estimate of drug-likeness (QED) is 0.736. The summed E-state index contributed by atoms with van der Waals surface area (Å²) in [5, 5.41) is 3.57. The molecule has 0 spiro atoms. The van der Waals surface area contributed by atoms with Crippen LogP contribution in [0.1, 0.15) is 48.0 Å². The maximum Gasteiger partial charge on any atom is 0.342 e. The molecule has 1 aromatic heterocycles. The summed E-state index contributed by atoms with van der Waals surface area (Å²) in [5.74, 6) is 0.0692. The Balaban J connectivity index is 2.03. The number of rotatable bonds is 5. The van der Waals surface area contributed by atoms with Crippen LogP contribution < -0.4 is 5.32 Å². The van der Waals surface area contributed by atoms with Gasteiger partial charge in [-0.15, -0.1) is 11.3 Å². The number of nitrogens with one attached hydrogen (secondary N) is 1. The van der Waals surface area contributed by atoms with Crippen LogP contribution in [0.5, 0.6) is 0 Å². The molecule has 5 heteroatoms. The number of hydrogen-bond donors (Lipinski definition) is 1. The van der Waals surface area contributed by atoms with E-state index in [1.54, 1.807) is 0 Å². The Morgan fingerprint density at radius 3 is 2.35 bits per heavy atom. The average molecular weight is 372 g/mol. The minimum atomic E-state index is -0.390. The van der Waals surface area contributed by atoms with Crippen LogP contribution in [0.15, 0.2) is 24.3 Å². The molecule has 2 aromatic rings. The fraction of sp³-hybridized carbons (Fsp3) is 0.429. The number of anilines is 1. The van der Waals surface area contributed by atoms with Gasteiger partial charge in [0.2, 0.25) is 5.91 Å². The van der Waals surface area contributed by atoms with Gasteiger partial charge in [0.05, 0.1) is 6.10 Å². The highest BCUT2D eigenvalue weighted by molar-refractivity contribution is 7.17. The Hall–Kier alpha value is -2.14. The number of esters is 1. The Morgan fingerprint density at radius 1 is 1.19 bits per heavy atom. The largest absolute Gasteiger partial charge is 0.459 e. The molecule has 1 heterocycles. The second-order valence-electron chi connectivity index (χ2n) is 7.37. The van der Waals surface area contributed by atoms with Gasteiger partial charge >= 0.3 is 5.97 Å². The van der Waals surface area contributed by atoms with Gasteiger partial charge in [0.1, 0.15) is 10.6 Å². The van der Waals surface area contributed by atoms with Crippen molar-refractivity contribution in [2.75, 3.05) is 5.32 Å². The van der Waals surface area contributed by atoms with Crippen molar-refractivity contribution in [1.29, 1.82) is 0 Å². The number of benzene rings is 1. The van der Waals surface area contributed by atoms with Gasteiger partial charge in [0.25, 0.3) is 0 Å². The van der Waals surface area contributed by atoms with E-state index in [-0.39, 0.29) is 23.9 Å². The van der Waals surface area contributed by atoms with E-state index in [0.29, 0.717) is 16.5 Å². The maximum absolute atomic E-state index is 12.8. The topological polar surface area (TPSA) is 55.4 Å². The second-order valence-corrected chi connectivity index (χ2v) is 8.59. The van der Waals surface area contributed by atoms with Crippen molar-refractivity contribution in [2.24, 2.45) is 11.8 Å². The minimum absolute atomic E-state index is 0.00666. The third-order valence-corrected chi connectivity index (χ3v) is 5.67. The Kier molecular flexibility index (Phi) is 5.19. The van der Waals surface area contributed by atoms with Gasteiger partial charge in [-0.1, -0.05) is 36.8 Å². The number of carbonyl (C=O) groups excluding carboxylic acids is 2. The predicted molar refractivity (Wildman–Crippen MR) is 106 cm³/mol. The molecule has 4 nitrogen and oxygen atoms in total. The monoisotopic (exact) mass is 371 g/mol. The van der Waals surface area contributed by atoms with Crippen molar-refractivity contribution in [2.45, 2.75) is 47.1 Å². The van der Waals surface area contributed by atoms with Crippen LogP contribution in [-0.2, 0) is 9.53 Å². The summed E-state index contributed by atoms with van der Waals surface area (Å²) in [4.78, 5) is 26.2. The first kappa shape index (κ1) is 18.6. The summed E-state index contributed by atoms with van der Waals surface area (Å²) < 4.78 is 5.47. The SMILES string of the molecule is Cc1ccc(-c2c(C)sc(NC(=O)[C@@H]3C[C@@H]3C)c2C(=O)OC(C)C)cc1. The van der Waals surface area contributed by atoms with E-state index in [4.69, 9.17) is 4.74 Å². The number of ether oxygens (including phenoxy) is 1. The molecule has 1 amide bonds. The lowest BCUT2D eigenvalue weighted by Gasteiger charge is -2.12. The molecule has 0 radical (unpaired) electrons. The van der Waals surface area contributed by atoms with E-state index in [1.165, 1.54) is 11.3 Å². The van der Waals surface area contributed by atoms with Crippen LogP contribution in [0.25, 0.3) is 11.1 Å². The first-order chi connectivity index (χ1) is 12.3. The van der Waals surface area contributed by atoms with E-state index in [0.717, 1.165) is 28.0 Å². The Labute approximate surface area is 158 Å². The number of aryl methyl sites for hydroxylation is 2. The molecular weight excluding hydrogens is 346 g/mol. The van der Waals surface area contributed by atoms with E-state index < -0.39 is 0 Å². The molecule has 1 fully saturated rings. The normalized spacial score (nSPS) is 18.7. The number of carbonyl (C=O) groups is 2. The first-order valence-corrected chi connectivity index (χ1v) is 9.81. The molecule has 0 saturated heterocycles. The molecule has 138 valence electrons. The van der Waals surface area contributed by atoms with Gasteiger partial charge in [-0.05, 0) is 45.6 Å². The van der Waals surface area contributed by atoms with Gasteiger partial charge in [0, 0.05) is 16.4 Å². The summed E-state index contributed by atoms with van der Waals surface area (Å²) in [6.07, 6.45) is 0.688. The van der Waals surface area contributed by atoms with Gasteiger partial charge < -0.3 is 10.1 Å². The van der Waals surface area contributed by atoms with Crippen LogP contribution >= 0.6 is 11.3 Å². The molecule has 0 bridgehead atoms. The molecule has 1 N–H and O–H groups in total. The molecule has 1 aliphatic carbocycles. The standard InChI is InChI=1S/C21H25NO3S/c1-11(2)25-21(24)18-17(15-8-6-12(3)7-9-15)14(5)26-20(18)22-19(23)16-10-13(16)4/h6-9,11,13,16H,10H2,1-5H3,(H,22,23)/t13-,16+/m0/s1. The minimum Gasteiger partial charge on any atom is -0.459 e. The van der Waals surface area contributed by atoms with Crippen molar-refractivity contribution in [3.8, 4) is 11.1 Å². The molecule has 0 unspecified atom stereocenters. The van der Waals surface area contributed by atoms with Crippen molar-refractivity contribution in [1.82, 2.24) is 0 Å². The summed E-state index contributed by atoms with van der Waals surface area (Å²) in [6.45, 7) is 9.72. The van der Waals surface area contributed by atoms with Crippen molar-refractivity contribution >= 4 is 28.2 Å². The molecule has 2 atom stereocenters. The zero-order chi connectivity index (χ0) is 19.0. The van der Waals surface area contributed by atoms with Crippen LogP contribution in [0, 0.1) is 25.7 Å². The molecule has 1 saturated carbocycles. The lowest BCUT2D eigenvalue weighted by molar-refractivity contribution is -0.117. The summed E-state index contributed by atoms with van der Waals surface area (Å²) >= 11 is 1.44. The Bertz CT molecular complexity index is 836. The lowest BCUT2D eigenvalue weighted by Crippen LogP contribution is -2.18. The van der Waals surface area contributed by atoms with E-state index in [9.17, 15) is 9.59 Å². The number of hydrogen-bond acceptors (Lipinski definition) is 4. The van der Waals surface area contributed by atoms with Crippen LogP contribution in [0.4, 0.5) is 5.00 Å². The predicted octanol–water partition coefficient (Wildman–Crippen LogP) is 5.19. The molecule has 1 aliphatic rings. The van der Waals surface area contributed by atoms with E-state index in [1.807, 2.05) is 52.0 Å². The fourth-order valence-corrected chi connectivity index (χ4v) is 4.13. The third-order valence-electron chi connectivity index (χ3n) is 4.65. The lowest BCUT2D eigenvalue weighted by atomic mass is 10.0. The highest BCUT2D eigenvalue weighted by Crippen LogP contribution is 2.43. The molecule has 0 aliphatic heterocycles. The summed E-state index contributed by atoms with van der Waals surface area (Å²) in [6, 6.07) is 8.05. The van der Waals surface area contributed by atoms with Crippen molar-refractivity contribution < 1.29 is 14.3 Å². The highest BCUT2D eigenvalue weighted by Gasteiger charge is 2.40. The molecule has 1 aromatic carbocycles.